The molecule has 11 heteroatoms. The third-order valence-corrected chi connectivity index (χ3v) is 7.32. The highest BCUT2D eigenvalue weighted by Gasteiger charge is 2.18. The molecule has 5 aromatic rings. The first-order chi connectivity index (χ1) is 20.1. The van der Waals surface area contributed by atoms with Crippen molar-refractivity contribution < 1.29 is 4.74 Å². The maximum Gasteiger partial charge on any atom is 0.264 e. The molecule has 0 fully saturated rings. The van der Waals surface area contributed by atoms with E-state index in [1.54, 1.807) is 24.2 Å². The van der Waals surface area contributed by atoms with Crippen molar-refractivity contribution in [3.63, 3.8) is 0 Å². The number of benzene rings is 2. The van der Waals surface area contributed by atoms with Crippen molar-refractivity contribution in [1.29, 1.82) is 0 Å². The molecule has 10 nitrogen and oxygen atoms in total. The topological polar surface area (TPSA) is 124 Å². The van der Waals surface area contributed by atoms with E-state index in [9.17, 15) is 4.79 Å². The summed E-state index contributed by atoms with van der Waals surface area (Å²) in [6, 6.07) is 16.2. The first-order valence-corrected chi connectivity index (χ1v) is 15.0. The fraction of sp³-hybridized carbons (Fsp3) is 0.300. The number of aromatic amines is 1. The fourth-order valence-corrected chi connectivity index (χ4v) is 4.90. The molecule has 0 radical (unpaired) electrons. The van der Waals surface area contributed by atoms with Crippen LogP contribution in [0.2, 0.25) is 0 Å². The average molecular weight is 569 g/mol. The number of nitrogens with one attached hydrogen (secondary N) is 1. The van der Waals surface area contributed by atoms with Crippen LogP contribution in [0.5, 0.6) is 5.75 Å². The van der Waals surface area contributed by atoms with E-state index in [0.717, 1.165) is 53.0 Å². The van der Waals surface area contributed by atoms with Crippen LogP contribution in [0.4, 0.5) is 0 Å². The van der Waals surface area contributed by atoms with Gasteiger partial charge in [-0.3, -0.25) is 4.79 Å². The van der Waals surface area contributed by atoms with E-state index >= 15 is 0 Å². The highest BCUT2D eigenvalue weighted by atomic mass is 32.2. The molecule has 0 atom stereocenters. The van der Waals surface area contributed by atoms with Crippen LogP contribution in [0.1, 0.15) is 42.4 Å². The number of unbranched alkanes of at least 4 members (excludes halogenated alkanes) is 1. The van der Waals surface area contributed by atoms with Gasteiger partial charge in [0.05, 0.1) is 24.7 Å². The molecule has 0 saturated carbocycles. The van der Waals surface area contributed by atoms with Gasteiger partial charge < -0.3 is 4.74 Å². The van der Waals surface area contributed by atoms with E-state index in [1.165, 1.54) is 4.57 Å². The Morgan fingerprint density at radius 3 is 2.46 bits per heavy atom. The molecule has 0 aliphatic carbocycles. The van der Waals surface area contributed by atoms with Crippen molar-refractivity contribution >= 4 is 11.8 Å². The van der Waals surface area contributed by atoms with Gasteiger partial charge in [-0.1, -0.05) is 61.9 Å². The van der Waals surface area contributed by atoms with Gasteiger partial charge in [0.1, 0.15) is 5.82 Å². The number of tetrazole rings is 1. The highest BCUT2D eigenvalue weighted by molar-refractivity contribution is 7.98. The lowest BCUT2D eigenvalue weighted by atomic mass is 9.96. The predicted molar refractivity (Wildman–Crippen MR) is 161 cm³/mol. The Hall–Kier alpha value is -4.38. The minimum absolute atomic E-state index is 0.146. The number of nitrogens with zero attached hydrogens (tertiary/aromatic N) is 7. The molecule has 3 aromatic heterocycles. The van der Waals surface area contributed by atoms with Crippen molar-refractivity contribution in [3.8, 4) is 34.2 Å². The lowest BCUT2D eigenvalue weighted by molar-refractivity contribution is 0.341. The van der Waals surface area contributed by atoms with Gasteiger partial charge in [-0.25, -0.2) is 24.6 Å². The van der Waals surface area contributed by atoms with E-state index in [0.29, 0.717) is 36.0 Å². The second-order valence-corrected chi connectivity index (χ2v) is 10.5. The molecule has 0 saturated heterocycles. The quantitative estimate of drug-likeness (QED) is 0.210. The Bertz CT molecular complexity index is 1640. The lowest BCUT2D eigenvalue weighted by Gasteiger charge is -2.15. The molecule has 0 bridgehead atoms. The summed E-state index contributed by atoms with van der Waals surface area (Å²) in [7, 11) is 0. The molecule has 3 heterocycles. The summed E-state index contributed by atoms with van der Waals surface area (Å²) in [5.74, 6) is 2.91. The number of ether oxygens (including phenoxy) is 1. The van der Waals surface area contributed by atoms with Gasteiger partial charge >= 0.3 is 0 Å². The minimum Gasteiger partial charge on any atom is -0.489 e. The molecule has 0 spiro atoms. The summed E-state index contributed by atoms with van der Waals surface area (Å²) in [5.41, 5.74) is 5.31. The highest BCUT2D eigenvalue weighted by Crippen LogP contribution is 2.30. The monoisotopic (exact) mass is 568 g/mol. The lowest BCUT2D eigenvalue weighted by Crippen LogP contribution is -2.29. The molecule has 210 valence electrons. The number of hydrogen-bond acceptors (Lipinski definition) is 9. The molecule has 0 amide bonds. The van der Waals surface area contributed by atoms with Gasteiger partial charge in [-0.2, -0.15) is 11.8 Å². The van der Waals surface area contributed by atoms with E-state index in [2.05, 4.69) is 61.8 Å². The normalized spacial score (nSPS) is 11.1. The van der Waals surface area contributed by atoms with E-state index < -0.39 is 0 Å². The molecule has 2 aromatic carbocycles. The Morgan fingerprint density at radius 1 is 1.02 bits per heavy atom. The van der Waals surface area contributed by atoms with E-state index in [4.69, 9.17) is 9.72 Å². The van der Waals surface area contributed by atoms with Crippen LogP contribution in [0, 0.1) is 6.92 Å². The van der Waals surface area contributed by atoms with Crippen LogP contribution in [-0.4, -0.2) is 58.8 Å². The number of hydrogen-bond donors (Lipinski definition) is 1. The second-order valence-electron chi connectivity index (χ2n) is 9.56. The molecule has 5 rings (SSSR count). The molecule has 0 aliphatic heterocycles. The molecule has 41 heavy (non-hydrogen) atoms. The standard InChI is InChI=1S/C30H32N8O2S/c1-4-5-10-27-26(29(39)38(20(2)33-27)30-31-18-23(19-32-30)40-15-16-41-3)17-21-11-13-22(14-12-21)24-8-6-7-9-25(24)28-34-36-37-35-28/h6-9,11-14,18-19H,4-5,10,15-17H2,1-3H3,(H,34,35,36,37). The first kappa shape index (κ1) is 28.2. The van der Waals surface area contributed by atoms with Crippen LogP contribution in [-0.2, 0) is 12.8 Å². The van der Waals surface area contributed by atoms with Gasteiger partial charge in [0.2, 0.25) is 5.95 Å². The number of thioether (sulfide) groups is 1. The van der Waals surface area contributed by atoms with E-state index in [-0.39, 0.29) is 11.5 Å². The summed E-state index contributed by atoms with van der Waals surface area (Å²) in [6.07, 6.45) is 8.39. The number of aromatic nitrogens is 8. The summed E-state index contributed by atoms with van der Waals surface area (Å²) in [6.45, 7) is 4.53. The average Bonchev–Trinajstić information content (AvgIpc) is 3.54. The zero-order valence-corrected chi connectivity index (χ0v) is 24.2. The Balaban J connectivity index is 1.46. The summed E-state index contributed by atoms with van der Waals surface area (Å²) >= 11 is 1.71. The summed E-state index contributed by atoms with van der Waals surface area (Å²) < 4.78 is 7.17. The number of aryl methyl sites for hydroxylation is 2. The Labute approximate surface area is 242 Å². The van der Waals surface area contributed by atoms with Crippen molar-refractivity contribution in [2.75, 3.05) is 18.6 Å². The molecule has 1 N–H and O–H groups in total. The van der Waals surface area contributed by atoms with Crippen LogP contribution in [0.3, 0.4) is 0 Å². The SMILES string of the molecule is CCCCc1nc(C)n(-c2ncc(OCCSC)cn2)c(=O)c1Cc1ccc(-c2ccccc2-c2nnn[nH]2)cc1. The maximum absolute atomic E-state index is 13.9. The van der Waals surface area contributed by atoms with Crippen molar-refractivity contribution in [3.05, 3.63) is 93.9 Å². The molecular formula is C30H32N8O2S. The third-order valence-electron chi connectivity index (χ3n) is 6.74. The van der Waals surface area contributed by atoms with E-state index in [1.807, 2.05) is 37.4 Å². The smallest absolute Gasteiger partial charge is 0.264 e. The van der Waals surface area contributed by atoms with Crippen LogP contribution in [0.15, 0.2) is 65.7 Å². The van der Waals surface area contributed by atoms with Crippen molar-refractivity contribution in [2.45, 2.75) is 39.5 Å². The van der Waals surface area contributed by atoms with Gasteiger partial charge in [-0.15, -0.1) is 5.10 Å². The van der Waals surface area contributed by atoms with Gasteiger partial charge in [-0.05, 0) is 53.1 Å². The van der Waals surface area contributed by atoms with Crippen molar-refractivity contribution in [2.24, 2.45) is 0 Å². The van der Waals surface area contributed by atoms with Crippen LogP contribution < -0.4 is 10.3 Å². The zero-order valence-electron chi connectivity index (χ0n) is 23.4. The number of H-pyrrole nitrogens is 1. The Kier molecular flexibility index (Phi) is 9.15. The fourth-order valence-electron chi connectivity index (χ4n) is 4.65. The molecular weight excluding hydrogens is 536 g/mol. The van der Waals surface area contributed by atoms with Crippen LogP contribution >= 0.6 is 11.8 Å². The maximum atomic E-state index is 13.9. The third kappa shape index (κ3) is 6.51. The largest absolute Gasteiger partial charge is 0.489 e. The predicted octanol–water partition coefficient (Wildman–Crippen LogP) is 4.85. The first-order valence-electron chi connectivity index (χ1n) is 13.6. The second kappa shape index (κ2) is 13.3. The van der Waals surface area contributed by atoms with Gasteiger partial charge in [0.15, 0.2) is 11.6 Å². The minimum atomic E-state index is -0.146. The summed E-state index contributed by atoms with van der Waals surface area (Å²) in [5, 5.41) is 14.3. The molecule has 0 unspecified atom stereocenters. The van der Waals surface area contributed by atoms with Gasteiger partial charge in [0, 0.05) is 23.3 Å². The van der Waals surface area contributed by atoms with Crippen LogP contribution in [0.25, 0.3) is 28.5 Å². The zero-order chi connectivity index (χ0) is 28.6. The summed E-state index contributed by atoms with van der Waals surface area (Å²) in [4.78, 5) is 27.6. The van der Waals surface area contributed by atoms with Gasteiger partial charge in [0.25, 0.3) is 5.56 Å². The van der Waals surface area contributed by atoms with Crippen molar-refractivity contribution in [1.82, 2.24) is 40.1 Å². The Morgan fingerprint density at radius 2 is 1.78 bits per heavy atom. The molecule has 0 aliphatic rings. The number of rotatable bonds is 12.